The Morgan fingerprint density at radius 1 is 0.788 bits per heavy atom. The minimum Gasteiger partial charge on any atom is -0.275 e. The van der Waals surface area contributed by atoms with Gasteiger partial charge in [0.25, 0.3) is 5.91 Å². The monoisotopic (exact) mass is 440 g/mol. The van der Waals surface area contributed by atoms with Crippen molar-refractivity contribution in [1.29, 1.82) is 0 Å². The van der Waals surface area contributed by atoms with E-state index in [1.165, 1.54) is 10.5 Å². The molecule has 2 aliphatic heterocycles. The van der Waals surface area contributed by atoms with Gasteiger partial charge in [-0.25, -0.2) is 5.06 Å². The molecule has 5 nitrogen and oxygen atoms in total. The highest BCUT2D eigenvalue weighted by Crippen LogP contribution is 2.47. The second kappa shape index (κ2) is 8.16. The van der Waals surface area contributed by atoms with Gasteiger partial charge in [-0.05, 0) is 34.2 Å². The number of hydroxylamine groups is 1. The van der Waals surface area contributed by atoms with Gasteiger partial charge in [-0.2, -0.15) is 0 Å². The van der Waals surface area contributed by atoms with Crippen molar-refractivity contribution in [2.24, 2.45) is 5.92 Å². The highest BCUT2D eigenvalue weighted by atomic mass is 16.7. The molecule has 0 spiro atoms. The smallest absolute Gasteiger partial charge is 0.262 e. The van der Waals surface area contributed by atoms with Crippen LogP contribution in [0.4, 0.5) is 5.69 Å². The Bertz CT molecular complexity index is 1150. The Labute approximate surface area is 194 Å². The molecule has 0 N–H and O–H groups in total. The summed E-state index contributed by atoms with van der Waals surface area (Å²) >= 11 is 0. The van der Waals surface area contributed by atoms with E-state index < -0.39 is 12.0 Å². The van der Waals surface area contributed by atoms with Crippen molar-refractivity contribution in [3.8, 4) is 0 Å². The molecule has 168 valence electrons. The van der Waals surface area contributed by atoms with Crippen molar-refractivity contribution in [2.45, 2.75) is 44.9 Å². The van der Waals surface area contributed by atoms with E-state index in [2.05, 4.69) is 45.0 Å². The fourth-order valence-corrected chi connectivity index (χ4v) is 4.71. The van der Waals surface area contributed by atoms with Gasteiger partial charge in [-0.15, -0.1) is 0 Å². The van der Waals surface area contributed by atoms with Crippen LogP contribution in [0.5, 0.6) is 0 Å². The van der Waals surface area contributed by atoms with Gasteiger partial charge in [0.15, 0.2) is 6.10 Å². The third-order valence-electron chi connectivity index (χ3n) is 6.52. The molecule has 2 fully saturated rings. The largest absolute Gasteiger partial charge is 0.275 e. The second-order valence-corrected chi connectivity index (χ2v) is 9.78. The molecule has 5 heteroatoms. The second-order valence-electron chi connectivity index (χ2n) is 9.78. The summed E-state index contributed by atoms with van der Waals surface area (Å²) < 4.78 is 0. The van der Waals surface area contributed by atoms with Crippen molar-refractivity contribution < 1.29 is 14.4 Å². The molecule has 3 aromatic carbocycles. The van der Waals surface area contributed by atoms with Crippen LogP contribution in [0.1, 0.15) is 43.5 Å². The molecule has 0 aliphatic carbocycles. The van der Waals surface area contributed by atoms with Gasteiger partial charge in [-0.1, -0.05) is 93.6 Å². The Balaban J connectivity index is 1.52. The van der Waals surface area contributed by atoms with Crippen molar-refractivity contribution in [2.75, 3.05) is 5.06 Å². The lowest BCUT2D eigenvalue weighted by Gasteiger charge is -2.29. The summed E-state index contributed by atoms with van der Waals surface area (Å²) in [6, 6.07) is 27.2. The van der Waals surface area contributed by atoms with Gasteiger partial charge < -0.3 is 0 Å². The zero-order chi connectivity index (χ0) is 23.2. The fourth-order valence-electron chi connectivity index (χ4n) is 4.71. The molecule has 0 bridgehead atoms. The van der Waals surface area contributed by atoms with Crippen LogP contribution in [-0.4, -0.2) is 22.8 Å². The van der Waals surface area contributed by atoms with E-state index in [9.17, 15) is 9.59 Å². The highest BCUT2D eigenvalue weighted by Gasteiger charge is 2.59. The maximum atomic E-state index is 13.6. The Morgan fingerprint density at radius 3 is 2.00 bits per heavy atom. The van der Waals surface area contributed by atoms with Gasteiger partial charge in [0.1, 0.15) is 5.92 Å². The summed E-state index contributed by atoms with van der Waals surface area (Å²) in [6.45, 7) is 6.78. The summed E-state index contributed by atoms with van der Waals surface area (Å²) in [7, 11) is 0. The van der Waals surface area contributed by atoms with Crippen molar-refractivity contribution >= 4 is 17.5 Å². The van der Waals surface area contributed by atoms with Crippen molar-refractivity contribution in [3.63, 3.8) is 0 Å². The third-order valence-corrected chi connectivity index (χ3v) is 6.52. The van der Waals surface area contributed by atoms with Crippen LogP contribution >= 0.6 is 0 Å². The topological polar surface area (TPSA) is 49.9 Å². The number of para-hydroxylation sites is 1. The number of rotatable bonds is 4. The van der Waals surface area contributed by atoms with E-state index in [-0.39, 0.29) is 29.8 Å². The maximum Gasteiger partial charge on any atom is 0.262 e. The SMILES string of the molecule is CC(C)(C)c1ccc([C@H]2[C@@H]3C(=O)N(Cc4ccccc4)C(=O)[C@H]3ON2c2ccccc2)cc1. The molecule has 2 heterocycles. The number of anilines is 1. The average molecular weight is 441 g/mol. The molecule has 3 atom stereocenters. The Hall–Kier alpha value is -3.44. The Kier molecular flexibility index (Phi) is 5.29. The van der Waals surface area contributed by atoms with Crippen molar-refractivity contribution in [1.82, 2.24) is 4.90 Å². The van der Waals surface area contributed by atoms with Crippen LogP contribution in [0.25, 0.3) is 0 Å². The number of hydrogen-bond acceptors (Lipinski definition) is 4. The number of amides is 2. The van der Waals surface area contributed by atoms with Crippen molar-refractivity contribution in [3.05, 3.63) is 102 Å². The first-order valence-electron chi connectivity index (χ1n) is 11.4. The quantitative estimate of drug-likeness (QED) is 0.534. The van der Waals surface area contributed by atoms with Gasteiger partial charge in [0.05, 0.1) is 18.3 Å². The molecule has 2 saturated heterocycles. The number of carbonyl (C=O) groups excluding carboxylic acids is 2. The lowest BCUT2D eigenvalue weighted by molar-refractivity contribution is -0.143. The first kappa shape index (κ1) is 21.4. The molecule has 3 aromatic rings. The normalized spacial score (nSPS) is 22.7. The van der Waals surface area contributed by atoms with E-state index >= 15 is 0 Å². The maximum absolute atomic E-state index is 13.6. The summed E-state index contributed by atoms with van der Waals surface area (Å²) in [4.78, 5) is 34.4. The minimum absolute atomic E-state index is 0.0258. The van der Waals surface area contributed by atoms with Gasteiger partial charge in [0.2, 0.25) is 5.91 Å². The highest BCUT2D eigenvalue weighted by molar-refractivity contribution is 6.07. The zero-order valence-corrected chi connectivity index (χ0v) is 19.1. The molecule has 33 heavy (non-hydrogen) atoms. The van der Waals surface area contributed by atoms with Gasteiger partial charge in [0, 0.05) is 0 Å². The molecule has 2 amide bonds. The van der Waals surface area contributed by atoms with E-state index in [1.54, 1.807) is 5.06 Å². The molecule has 5 rings (SSSR count). The first-order valence-corrected chi connectivity index (χ1v) is 11.4. The predicted octanol–water partition coefficient (Wildman–Crippen LogP) is 5.03. The predicted molar refractivity (Wildman–Crippen MR) is 127 cm³/mol. The first-order chi connectivity index (χ1) is 15.8. The standard InChI is InChI=1S/C28H28N2O3/c1-28(2,3)21-16-14-20(15-17-21)24-23-25(33-30(24)22-12-8-5-9-13-22)27(32)29(26(23)31)18-19-10-6-4-7-11-19/h4-17,23-25H,18H2,1-3H3/t23-,24-,25-/m0/s1. The van der Waals surface area contributed by atoms with Gasteiger partial charge >= 0.3 is 0 Å². The number of carbonyl (C=O) groups is 2. The minimum atomic E-state index is -0.825. The molecule has 0 aromatic heterocycles. The van der Waals surface area contributed by atoms with Crippen LogP contribution in [-0.2, 0) is 26.4 Å². The number of benzene rings is 3. The Morgan fingerprint density at radius 2 is 1.39 bits per heavy atom. The van der Waals surface area contributed by atoms with E-state index in [4.69, 9.17) is 4.84 Å². The number of imide groups is 1. The number of likely N-dealkylation sites (tertiary alicyclic amines) is 1. The van der Waals surface area contributed by atoms with Crippen LogP contribution in [0, 0.1) is 5.92 Å². The molecule has 0 unspecified atom stereocenters. The summed E-state index contributed by atoms with van der Waals surface area (Å²) in [5, 5.41) is 1.75. The lowest BCUT2D eigenvalue weighted by atomic mass is 9.84. The summed E-state index contributed by atoms with van der Waals surface area (Å²) in [6.07, 6.45) is -0.825. The van der Waals surface area contributed by atoms with E-state index in [0.717, 1.165) is 16.8 Å². The summed E-state index contributed by atoms with van der Waals surface area (Å²) in [5.74, 6) is -1.05. The van der Waals surface area contributed by atoms with E-state index in [1.807, 2.05) is 60.7 Å². The molecule has 0 saturated carbocycles. The molecule has 2 aliphatic rings. The van der Waals surface area contributed by atoms with Crippen LogP contribution in [0.15, 0.2) is 84.9 Å². The summed E-state index contributed by atoms with van der Waals surface area (Å²) in [5.41, 5.74) is 3.95. The van der Waals surface area contributed by atoms with Crippen LogP contribution in [0.2, 0.25) is 0 Å². The molecular weight excluding hydrogens is 412 g/mol. The van der Waals surface area contributed by atoms with E-state index in [0.29, 0.717) is 0 Å². The average Bonchev–Trinajstić information content (AvgIpc) is 3.32. The lowest BCUT2D eigenvalue weighted by Crippen LogP contribution is -2.37. The van der Waals surface area contributed by atoms with Gasteiger partial charge in [-0.3, -0.25) is 19.3 Å². The van der Waals surface area contributed by atoms with Crippen LogP contribution in [0.3, 0.4) is 0 Å². The number of nitrogens with zero attached hydrogens (tertiary/aromatic N) is 2. The third kappa shape index (κ3) is 3.83. The molecule has 0 radical (unpaired) electrons. The van der Waals surface area contributed by atoms with Crippen LogP contribution < -0.4 is 5.06 Å². The fraction of sp³-hybridized carbons (Fsp3) is 0.286. The number of hydrogen-bond donors (Lipinski definition) is 0. The zero-order valence-electron chi connectivity index (χ0n) is 19.1. The number of fused-ring (bicyclic) bond motifs is 1. The molecular formula is C28H28N2O3.